The van der Waals surface area contributed by atoms with Gasteiger partial charge < -0.3 is 14.4 Å². The van der Waals surface area contributed by atoms with Gasteiger partial charge in [0.05, 0.1) is 17.4 Å². The molecule has 0 bridgehead atoms. The van der Waals surface area contributed by atoms with E-state index in [2.05, 4.69) is 14.9 Å². The molecule has 170 valence electrons. The van der Waals surface area contributed by atoms with Crippen LogP contribution in [-0.4, -0.2) is 66.1 Å². The number of ether oxygens (including phenoxy) is 2. The van der Waals surface area contributed by atoms with Crippen molar-refractivity contribution in [2.45, 2.75) is 20.1 Å². The lowest BCUT2D eigenvalue weighted by Crippen LogP contribution is -2.48. The van der Waals surface area contributed by atoms with Gasteiger partial charge in [-0.15, -0.1) is 11.3 Å². The number of carbonyl (C=O) groups excluding carboxylic acids is 1. The monoisotopic (exact) mass is 478 g/mol. The highest BCUT2D eigenvalue weighted by Gasteiger charge is 2.28. The van der Waals surface area contributed by atoms with Gasteiger partial charge in [-0.25, -0.2) is 9.37 Å². The molecule has 1 aliphatic heterocycles. The summed E-state index contributed by atoms with van der Waals surface area (Å²) in [5.74, 6) is 0.614. The predicted molar refractivity (Wildman–Crippen MR) is 122 cm³/mol. The Balaban J connectivity index is 1.50. The third-order valence-corrected chi connectivity index (χ3v) is 7.10. The van der Waals surface area contributed by atoms with Crippen LogP contribution in [0.5, 0.6) is 5.88 Å². The van der Waals surface area contributed by atoms with E-state index in [-0.39, 0.29) is 18.3 Å². The molecule has 0 spiro atoms. The number of hydrogen-bond donors (Lipinski definition) is 0. The van der Waals surface area contributed by atoms with Gasteiger partial charge in [0, 0.05) is 50.4 Å². The van der Waals surface area contributed by atoms with Crippen LogP contribution in [0.4, 0.5) is 4.39 Å². The number of halogens is 2. The van der Waals surface area contributed by atoms with Crippen molar-refractivity contribution in [2.75, 3.05) is 40.4 Å². The Morgan fingerprint density at radius 1 is 1.22 bits per heavy atom. The van der Waals surface area contributed by atoms with Crippen LogP contribution in [-0.2, 0) is 17.9 Å². The maximum absolute atomic E-state index is 14.1. The molecule has 0 N–H and O–H groups in total. The first-order chi connectivity index (χ1) is 15.4. The number of aromatic nitrogens is 2. The lowest BCUT2D eigenvalue weighted by molar-refractivity contribution is 0.0631. The molecule has 1 aromatic carbocycles. The average Bonchev–Trinajstić information content (AvgIpc) is 3.12. The maximum atomic E-state index is 14.1. The molecule has 0 saturated carbocycles. The first-order valence-electron chi connectivity index (χ1n) is 10.2. The van der Waals surface area contributed by atoms with Gasteiger partial charge in [-0.1, -0.05) is 17.7 Å². The zero-order valence-corrected chi connectivity index (χ0v) is 19.7. The summed E-state index contributed by atoms with van der Waals surface area (Å²) in [7, 11) is 3.13. The average molecular weight is 479 g/mol. The van der Waals surface area contributed by atoms with Gasteiger partial charge in [0.15, 0.2) is 5.82 Å². The lowest BCUT2D eigenvalue weighted by atomic mass is 10.1. The van der Waals surface area contributed by atoms with Gasteiger partial charge in [0.25, 0.3) is 5.91 Å². The van der Waals surface area contributed by atoms with Gasteiger partial charge in [-0.2, -0.15) is 4.98 Å². The molecular formula is C22H24ClFN4O3S. The summed E-state index contributed by atoms with van der Waals surface area (Å²) in [5.41, 5.74) is 1.31. The van der Waals surface area contributed by atoms with Gasteiger partial charge in [0.1, 0.15) is 17.3 Å². The van der Waals surface area contributed by atoms with Crippen molar-refractivity contribution < 1.29 is 18.7 Å². The van der Waals surface area contributed by atoms with E-state index in [0.717, 1.165) is 10.9 Å². The van der Waals surface area contributed by atoms with E-state index in [1.165, 1.54) is 17.4 Å². The van der Waals surface area contributed by atoms with E-state index < -0.39 is 0 Å². The summed E-state index contributed by atoms with van der Waals surface area (Å²) in [6.45, 7) is 4.96. The number of nitrogens with zero attached hydrogens (tertiary/aromatic N) is 4. The number of amides is 1. The molecule has 4 rings (SSSR count). The Kier molecular flexibility index (Phi) is 6.90. The number of benzene rings is 1. The normalized spacial score (nSPS) is 14.8. The Hall–Kier alpha value is -2.33. The number of aryl methyl sites for hydroxylation is 1. The molecule has 1 saturated heterocycles. The molecule has 2 aromatic heterocycles. The third-order valence-electron chi connectivity index (χ3n) is 5.57. The zero-order valence-electron chi connectivity index (χ0n) is 18.2. The van der Waals surface area contributed by atoms with Crippen LogP contribution >= 0.6 is 22.9 Å². The fraction of sp³-hybridized carbons (Fsp3) is 0.409. The molecule has 32 heavy (non-hydrogen) atoms. The van der Waals surface area contributed by atoms with E-state index in [1.807, 2.05) is 11.8 Å². The molecule has 7 nitrogen and oxygen atoms in total. The van der Waals surface area contributed by atoms with E-state index in [0.29, 0.717) is 64.7 Å². The largest absolute Gasteiger partial charge is 0.480 e. The fourth-order valence-corrected chi connectivity index (χ4v) is 5.23. The predicted octanol–water partition coefficient (Wildman–Crippen LogP) is 3.91. The fourth-order valence-electron chi connectivity index (χ4n) is 3.85. The van der Waals surface area contributed by atoms with E-state index >= 15 is 0 Å². The Morgan fingerprint density at radius 2 is 1.97 bits per heavy atom. The smallest absolute Gasteiger partial charge is 0.264 e. The minimum Gasteiger partial charge on any atom is -0.480 e. The summed E-state index contributed by atoms with van der Waals surface area (Å²) in [5, 5.41) is 1.18. The van der Waals surface area contributed by atoms with E-state index in [9.17, 15) is 9.18 Å². The van der Waals surface area contributed by atoms with Crippen molar-refractivity contribution in [1.82, 2.24) is 19.8 Å². The second-order valence-corrected chi connectivity index (χ2v) is 8.99. The van der Waals surface area contributed by atoms with Gasteiger partial charge in [-0.05, 0) is 24.6 Å². The standard InChI is InChI=1S/C22H24ClFN4O3S/c1-13-18-20(31-3)25-17(12-30-2)26-21(18)32-19(13)22(29)28-9-7-27(8-10-28)11-14-15(23)5-4-6-16(14)24/h4-6H,7-12H2,1-3H3. The van der Waals surface area contributed by atoms with Crippen molar-refractivity contribution in [2.24, 2.45) is 0 Å². The molecule has 0 unspecified atom stereocenters. The minimum absolute atomic E-state index is 0.0376. The van der Waals surface area contributed by atoms with Crippen molar-refractivity contribution in [3.8, 4) is 5.88 Å². The number of fused-ring (bicyclic) bond motifs is 1. The number of carbonyl (C=O) groups is 1. The quantitative estimate of drug-likeness (QED) is 0.535. The van der Waals surface area contributed by atoms with Crippen LogP contribution in [0, 0.1) is 12.7 Å². The highest BCUT2D eigenvalue weighted by Crippen LogP contribution is 2.36. The molecular weight excluding hydrogens is 455 g/mol. The minimum atomic E-state index is -0.306. The van der Waals surface area contributed by atoms with Crippen molar-refractivity contribution >= 4 is 39.1 Å². The highest BCUT2D eigenvalue weighted by atomic mass is 35.5. The van der Waals surface area contributed by atoms with E-state index in [1.54, 1.807) is 26.4 Å². The Bertz CT molecular complexity index is 1130. The number of piperazine rings is 1. The lowest BCUT2D eigenvalue weighted by Gasteiger charge is -2.34. The molecule has 0 radical (unpaired) electrons. The summed E-state index contributed by atoms with van der Waals surface area (Å²) in [4.78, 5) is 27.5. The molecule has 3 aromatic rings. The van der Waals surface area contributed by atoms with Gasteiger partial charge in [0.2, 0.25) is 5.88 Å². The molecule has 3 heterocycles. The summed E-state index contributed by atoms with van der Waals surface area (Å²) in [6, 6.07) is 4.71. The highest BCUT2D eigenvalue weighted by molar-refractivity contribution is 7.20. The van der Waals surface area contributed by atoms with Gasteiger partial charge in [-0.3, -0.25) is 9.69 Å². The van der Waals surface area contributed by atoms with Crippen LogP contribution in [0.3, 0.4) is 0 Å². The molecule has 10 heteroatoms. The third kappa shape index (κ3) is 4.43. The molecule has 0 atom stereocenters. The number of hydrogen-bond acceptors (Lipinski definition) is 7. The molecule has 1 amide bonds. The van der Waals surface area contributed by atoms with Crippen LogP contribution in [0.1, 0.15) is 26.6 Å². The van der Waals surface area contributed by atoms with Crippen LogP contribution in [0.2, 0.25) is 5.02 Å². The van der Waals surface area contributed by atoms with Crippen LogP contribution in [0.25, 0.3) is 10.2 Å². The molecule has 1 aliphatic rings. The first kappa shape index (κ1) is 22.8. The second kappa shape index (κ2) is 9.66. The molecule has 1 fully saturated rings. The maximum Gasteiger partial charge on any atom is 0.264 e. The first-order valence-corrected chi connectivity index (χ1v) is 11.4. The summed E-state index contributed by atoms with van der Waals surface area (Å²) < 4.78 is 24.7. The van der Waals surface area contributed by atoms with Crippen molar-refractivity contribution in [3.05, 3.63) is 50.9 Å². The Morgan fingerprint density at radius 3 is 2.62 bits per heavy atom. The van der Waals surface area contributed by atoms with Crippen LogP contribution in [0.15, 0.2) is 18.2 Å². The van der Waals surface area contributed by atoms with Gasteiger partial charge >= 0.3 is 0 Å². The summed E-state index contributed by atoms with van der Waals surface area (Å²) >= 11 is 7.50. The number of thiophene rings is 1. The van der Waals surface area contributed by atoms with Crippen molar-refractivity contribution in [1.29, 1.82) is 0 Å². The number of methoxy groups -OCH3 is 2. The summed E-state index contributed by atoms with van der Waals surface area (Å²) in [6.07, 6.45) is 0. The van der Waals surface area contributed by atoms with E-state index in [4.69, 9.17) is 21.1 Å². The topological polar surface area (TPSA) is 67.8 Å². The van der Waals surface area contributed by atoms with Crippen molar-refractivity contribution in [3.63, 3.8) is 0 Å². The zero-order chi connectivity index (χ0) is 22.8. The second-order valence-electron chi connectivity index (χ2n) is 7.59. The van der Waals surface area contributed by atoms with Crippen LogP contribution < -0.4 is 4.74 Å². The number of rotatable bonds is 6. The molecule has 0 aliphatic carbocycles. The Labute approximate surface area is 194 Å². The SMILES string of the molecule is COCc1nc(OC)c2c(C)c(C(=O)N3CCN(Cc4c(F)cccc4Cl)CC3)sc2n1.